The van der Waals surface area contributed by atoms with E-state index in [4.69, 9.17) is 10.2 Å². The van der Waals surface area contributed by atoms with Crippen molar-refractivity contribution in [2.75, 3.05) is 37.3 Å². The van der Waals surface area contributed by atoms with Gasteiger partial charge in [-0.25, -0.2) is 0 Å². The van der Waals surface area contributed by atoms with Crippen LogP contribution in [0.4, 0.5) is 12.0 Å². The molecule has 14 heavy (non-hydrogen) atoms. The number of anilines is 2. The van der Waals surface area contributed by atoms with Crippen LogP contribution in [-0.4, -0.2) is 47.7 Å². The SMILES string of the molecule is CN1CCN(c2nnc(N)o2)CC1=O. The number of aromatic nitrogens is 2. The van der Waals surface area contributed by atoms with Crippen LogP contribution < -0.4 is 10.6 Å². The van der Waals surface area contributed by atoms with E-state index >= 15 is 0 Å². The highest BCUT2D eigenvalue weighted by Gasteiger charge is 2.24. The fraction of sp³-hybridized carbons (Fsp3) is 0.571. The van der Waals surface area contributed by atoms with Gasteiger partial charge in [0.15, 0.2) is 0 Å². The molecule has 0 aromatic carbocycles. The van der Waals surface area contributed by atoms with Crippen molar-refractivity contribution in [1.82, 2.24) is 15.1 Å². The molecular weight excluding hydrogens is 186 g/mol. The molecule has 7 heteroatoms. The minimum Gasteiger partial charge on any atom is -0.390 e. The van der Waals surface area contributed by atoms with E-state index in [0.717, 1.165) is 0 Å². The van der Waals surface area contributed by atoms with E-state index in [1.165, 1.54) is 0 Å². The fourth-order valence-corrected chi connectivity index (χ4v) is 1.28. The van der Waals surface area contributed by atoms with Gasteiger partial charge in [0.05, 0.1) is 0 Å². The Morgan fingerprint density at radius 3 is 2.79 bits per heavy atom. The summed E-state index contributed by atoms with van der Waals surface area (Å²) in [6, 6.07) is 0.329. The smallest absolute Gasteiger partial charge is 0.320 e. The quantitative estimate of drug-likeness (QED) is 0.616. The Morgan fingerprint density at radius 2 is 2.21 bits per heavy atom. The number of hydrogen-bond donors (Lipinski definition) is 1. The van der Waals surface area contributed by atoms with Crippen LogP contribution in [0.3, 0.4) is 0 Å². The topological polar surface area (TPSA) is 88.5 Å². The predicted octanol–water partition coefficient (Wildman–Crippen LogP) is -1.07. The van der Waals surface area contributed by atoms with E-state index in [1.54, 1.807) is 16.8 Å². The van der Waals surface area contributed by atoms with Crippen LogP contribution >= 0.6 is 0 Å². The van der Waals surface area contributed by atoms with Crippen molar-refractivity contribution in [2.45, 2.75) is 0 Å². The molecule has 1 aliphatic rings. The monoisotopic (exact) mass is 197 g/mol. The first kappa shape index (κ1) is 8.79. The fourth-order valence-electron chi connectivity index (χ4n) is 1.28. The first-order valence-corrected chi connectivity index (χ1v) is 4.24. The maximum Gasteiger partial charge on any atom is 0.320 e. The first-order valence-electron chi connectivity index (χ1n) is 4.24. The Labute approximate surface area is 80.5 Å². The summed E-state index contributed by atoms with van der Waals surface area (Å²) in [7, 11) is 1.77. The van der Waals surface area contributed by atoms with Crippen LogP contribution in [0.2, 0.25) is 0 Å². The number of likely N-dealkylation sites (N-methyl/N-ethyl adjacent to an activating group) is 1. The second kappa shape index (κ2) is 3.17. The summed E-state index contributed by atoms with van der Waals surface area (Å²) in [5, 5.41) is 7.24. The Kier molecular flexibility index (Phi) is 1.99. The molecule has 0 saturated carbocycles. The minimum atomic E-state index is 0.0198. The molecular formula is C7H11N5O2. The normalized spacial score (nSPS) is 17.6. The Morgan fingerprint density at radius 1 is 1.43 bits per heavy atom. The number of piperazine rings is 1. The molecule has 7 nitrogen and oxygen atoms in total. The average molecular weight is 197 g/mol. The largest absolute Gasteiger partial charge is 0.390 e. The lowest BCUT2D eigenvalue weighted by atomic mass is 10.3. The molecule has 0 atom stereocenters. The summed E-state index contributed by atoms with van der Waals surface area (Å²) in [5.74, 6) is 0.0352. The second-order valence-corrected chi connectivity index (χ2v) is 3.16. The van der Waals surface area contributed by atoms with Crippen LogP contribution in [0, 0.1) is 0 Å². The number of nitrogens with zero attached hydrogens (tertiary/aromatic N) is 4. The van der Waals surface area contributed by atoms with Gasteiger partial charge >= 0.3 is 12.0 Å². The highest BCUT2D eigenvalue weighted by atomic mass is 16.4. The number of carbonyl (C=O) groups excluding carboxylic acids is 1. The molecule has 0 aliphatic carbocycles. The summed E-state index contributed by atoms with van der Waals surface area (Å²) in [6.45, 7) is 1.60. The van der Waals surface area contributed by atoms with Gasteiger partial charge in [-0.05, 0) is 0 Å². The molecule has 1 aromatic heterocycles. The summed E-state index contributed by atoms with van der Waals surface area (Å²) in [4.78, 5) is 14.7. The second-order valence-electron chi connectivity index (χ2n) is 3.16. The Hall–Kier alpha value is -1.79. The van der Waals surface area contributed by atoms with Crippen LogP contribution in [0.25, 0.3) is 0 Å². The summed E-state index contributed by atoms with van der Waals surface area (Å²) in [6.07, 6.45) is 0. The molecule has 2 heterocycles. The van der Waals surface area contributed by atoms with Crippen LogP contribution in [0.1, 0.15) is 0 Å². The predicted molar refractivity (Wildman–Crippen MR) is 48.6 cm³/mol. The van der Waals surface area contributed by atoms with E-state index in [1.807, 2.05) is 0 Å². The van der Waals surface area contributed by atoms with Gasteiger partial charge in [0, 0.05) is 20.1 Å². The van der Waals surface area contributed by atoms with E-state index < -0.39 is 0 Å². The highest BCUT2D eigenvalue weighted by Crippen LogP contribution is 2.15. The van der Waals surface area contributed by atoms with Gasteiger partial charge in [-0.3, -0.25) is 4.79 Å². The molecule has 0 radical (unpaired) electrons. The zero-order valence-corrected chi connectivity index (χ0v) is 7.80. The maximum atomic E-state index is 11.3. The van der Waals surface area contributed by atoms with Gasteiger partial charge in [-0.1, -0.05) is 10.2 Å². The van der Waals surface area contributed by atoms with E-state index in [9.17, 15) is 4.79 Å². The third-order valence-corrected chi connectivity index (χ3v) is 2.16. The third kappa shape index (κ3) is 1.48. The number of nitrogens with two attached hydrogens (primary N) is 1. The summed E-state index contributed by atoms with van der Waals surface area (Å²) < 4.78 is 5.02. The van der Waals surface area contributed by atoms with Crippen LogP contribution in [0.15, 0.2) is 4.42 Å². The molecule has 2 N–H and O–H groups in total. The van der Waals surface area contributed by atoms with Crippen molar-refractivity contribution in [3.8, 4) is 0 Å². The van der Waals surface area contributed by atoms with Gasteiger partial charge in [0.1, 0.15) is 6.54 Å². The van der Waals surface area contributed by atoms with Gasteiger partial charge < -0.3 is 20.0 Å². The van der Waals surface area contributed by atoms with Crippen molar-refractivity contribution in [3.63, 3.8) is 0 Å². The maximum absolute atomic E-state index is 11.3. The first-order chi connectivity index (χ1) is 6.66. The van der Waals surface area contributed by atoms with Crippen molar-refractivity contribution in [1.29, 1.82) is 0 Å². The molecule has 76 valence electrons. The van der Waals surface area contributed by atoms with Crippen molar-refractivity contribution < 1.29 is 9.21 Å². The molecule has 0 spiro atoms. The summed E-state index contributed by atoms with van der Waals surface area (Å²) in [5.41, 5.74) is 5.28. The van der Waals surface area contributed by atoms with E-state index in [2.05, 4.69) is 10.2 Å². The lowest BCUT2D eigenvalue weighted by molar-refractivity contribution is -0.129. The lowest BCUT2D eigenvalue weighted by Gasteiger charge is -2.30. The van der Waals surface area contributed by atoms with Gasteiger partial charge in [-0.2, -0.15) is 0 Å². The molecule has 0 bridgehead atoms. The zero-order valence-electron chi connectivity index (χ0n) is 7.80. The molecule has 1 aliphatic heterocycles. The Balaban J connectivity index is 2.10. The number of rotatable bonds is 1. The Bertz CT molecular complexity index is 350. The average Bonchev–Trinajstić information content (AvgIpc) is 2.57. The van der Waals surface area contributed by atoms with Crippen molar-refractivity contribution in [2.24, 2.45) is 0 Å². The number of carbonyl (C=O) groups is 1. The number of amides is 1. The zero-order chi connectivity index (χ0) is 10.1. The molecule has 1 fully saturated rings. The minimum absolute atomic E-state index is 0.0198. The van der Waals surface area contributed by atoms with Gasteiger partial charge in [0.25, 0.3) is 0 Å². The third-order valence-electron chi connectivity index (χ3n) is 2.16. The van der Waals surface area contributed by atoms with E-state index in [-0.39, 0.29) is 18.5 Å². The van der Waals surface area contributed by atoms with Gasteiger partial charge in [-0.15, -0.1) is 0 Å². The number of hydrogen-bond acceptors (Lipinski definition) is 6. The molecule has 2 rings (SSSR count). The molecule has 0 unspecified atom stereocenters. The highest BCUT2D eigenvalue weighted by molar-refractivity contribution is 5.81. The van der Waals surface area contributed by atoms with Gasteiger partial charge in [0.2, 0.25) is 5.91 Å². The standard InChI is InChI=1S/C7H11N5O2/c1-11-2-3-12(4-5(11)13)7-10-9-6(8)14-7/h2-4H2,1H3,(H2,8,9). The molecule has 1 saturated heterocycles. The summed E-state index contributed by atoms with van der Waals surface area (Å²) >= 11 is 0. The van der Waals surface area contributed by atoms with E-state index in [0.29, 0.717) is 19.1 Å². The van der Waals surface area contributed by atoms with Crippen LogP contribution in [0.5, 0.6) is 0 Å². The van der Waals surface area contributed by atoms with Crippen molar-refractivity contribution in [3.05, 3.63) is 0 Å². The lowest BCUT2D eigenvalue weighted by Crippen LogP contribution is -2.48. The molecule has 1 aromatic rings. The van der Waals surface area contributed by atoms with Crippen LogP contribution in [-0.2, 0) is 4.79 Å². The number of nitrogen functional groups attached to an aromatic ring is 1. The molecule has 1 amide bonds. The van der Waals surface area contributed by atoms with Crippen molar-refractivity contribution >= 4 is 17.9 Å².